The van der Waals surface area contributed by atoms with E-state index in [9.17, 15) is 0 Å². The molecule has 0 saturated heterocycles. The smallest absolute Gasteiger partial charge is 0.196 e. The highest BCUT2D eigenvalue weighted by atomic mass is 35.5. The van der Waals surface area contributed by atoms with Gasteiger partial charge in [0.15, 0.2) is 5.16 Å². The van der Waals surface area contributed by atoms with Gasteiger partial charge in [0.25, 0.3) is 0 Å². The second-order valence-electron chi connectivity index (χ2n) is 4.59. The maximum absolute atomic E-state index is 5.83. The van der Waals surface area contributed by atoms with Crippen molar-refractivity contribution in [1.29, 1.82) is 0 Å². The highest BCUT2D eigenvalue weighted by Crippen LogP contribution is 2.41. The molecular formula is C14H14ClN3S. The molecule has 1 aromatic heterocycles. The molecule has 0 unspecified atom stereocenters. The molecule has 0 aliphatic heterocycles. The fourth-order valence-electron chi connectivity index (χ4n) is 1.94. The van der Waals surface area contributed by atoms with Crippen LogP contribution in [-0.4, -0.2) is 20.5 Å². The van der Waals surface area contributed by atoms with E-state index in [1.807, 2.05) is 18.2 Å². The summed E-state index contributed by atoms with van der Waals surface area (Å²) in [5.74, 6) is 2.27. The number of hydrogen-bond acceptors (Lipinski definition) is 3. The van der Waals surface area contributed by atoms with Gasteiger partial charge in [-0.2, -0.15) is 0 Å². The van der Waals surface area contributed by atoms with E-state index in [-0.39, 0.29) is 0 Å². The fourth-order valence-corrected chi connectivity index (χ4v) is 2.82. The number of halogens is 1. The third-order valence-electron chi connectivity index (χ3n) is 2.97. The summed E-state index contributed by atoms with van der Waals surface area (Å²) in [6.45, 7) is 3.71. The van der Waals surface area contributed by atoms with Gasteiger partial charge in [-0.05, 0) is 25.0 Å². The van der Waals surface area contributed by atoms with Gasteiger partial charge in [0.05, 0.1) is 0 Å². The van der Waals surface area contributed by atoms with Crippen molar-refractivity contribution in [1.82, 2.24) is 14.8 Å². The first-order valence-corrected chi connectivity index (χ1v) is 7.59. The minimum absolute atomic E-state index is 0.557. The summed E-state index contributed by atoms with van der Waals surface area (Å²) in [5, 5.41) is 10.2. The van der Waals surface area contributed by atoms with Gasteiger partial charge in [-0.1, -0.05) is 48.1 Å². The molecule has 0 spiro atoms. The van der Waals surface area contributed by atoms with Crippen molar-refractivity contribution < 1.29 is 0 Å². The average Bonchev–Trinajstić information content (AvgIpc) is 3.17. The maximum Gasteiger partial charge on any atom is 0.196 e. The molecule has 98 valence electrons. The fraction of sp³-hybridized carbons (Fsp3) is 0.286. The third kappa shape index (κ3) is 2.85. The van der Waals surface area contributed by atoms with Crippen molar-refractivity contribution in [3.63, 3.8) is 0 Å². The molecule has 0 radical (unpaired) electrons. The molecule has 1 aliphatic carbocycles. The number of hydrogen-bond donors (Lipinski definition) is 0. The Kier molecular flexibility index (Phi) is 3.62. The lowest BCUT2D eigenvalue weighted by Crippen LogP contribution is -2.01. The van der Waals surface area contributed by atoms with Gasteiger partial charge in [-0.25, -0.2) is 0 Å². The van der Waals surface area contributed by atoms with Crippen LogP contribution < -0.4 is 0 Å². The summed E-state index contributed by atoms with van der Waals surface area (Å²) in [4.78, 5) is 0. The first-order chi connectivity index (χ1) is 9.25. The van der Waals surface area contributed by atoms with Crippen LogP contribution in [0.4, 0.5) is 0 Å². The molecular weight excluding hydrogens is 278 g/mol. The molecule has 3 rings (SSSR count). The van der Waals surface area contributed by atoms with Crippen LogP contribution >= 0.6 is 23.4 Å². The molecule has 0 atom stereocenters. The summed E-state index contributed by atoms with van der Waals surface area (Å²) in [6.07, 6.45) is 2.41. The Morgan fingerprint density at radius 3 is 2.68 bits per heavy atom. The Labute approximate surface area is 121 Å². The molecule has 2 aromatic rings. The van der Waals surface area contributed by atoms with Crippen LogP contribution in [0.1, 0.15) is 24.6 Å². The van der Waals surface area contributed by atoms with Crippen LogP contribution in [0.15, 0.2) is 47.1 Å². The number of benzene rings is 1. The summed E-state index contributed by atoms with van der Waals surface area (Å²) in [6, 6.07) is 10.2. The Hall–Kier alpha value is -1.26. The largest absolute Gasteiger partial charge is 0.274 e. The normalized spacial score (nSPS) is 14.6. The number of rotatable bonds is 5. The lowest BCUT2D eigenvalue weighted by atomic mass is 10.3. The van der Waals surface area contributed by atoms with E-state index >= 15 is 0 Å². The zero-order valence-corrected chi connectivity index (χ0v) is 12.0. The topological polar surface area (TPSA) is 30.7 Å². The number of para-hydroxylation sites is 1. The van der Waals surface area contributed by atoms with Gasteiger partial charge < -0.3 is 0 Å². The molecule has 5 heteroatoms. The Bertz CT molecular complexity index is 590. The molecule has 1 aromatic carbocycles. The molecule has 1 fully saturated rings. The van der Waals surface area contributed by atoms with Gasteiger partial charge in [0, 0.05) is 22.4 Å². The molecule has 1 heterocycles. The first-order valence-electron chi connectivity index (χ1n) is 6.22. The molecule has 3 nitrogen and oxygen atoms in total. The van der Waals surface area contributed by atoms with Crippen LogP contribution in [0.25, 0.3) is 5.69 Å². The molecule has 0 N–H and O–H groups in total. The SMILES string of the molecule is C=C(Cl)CSc1nnc(C2CC2)n1-c1ccccc1. The highest BCUT2D eigenvalue weighted by Gasteiger charge is 2.30. The number of nitrogens with zero attached hydrogens (tertiary/aromatic N) is 3. The summed E-state index contributed by atoms with van der Waals surface area (Å²) in [7, 11) is 0. The molecule has 0 amide bonds. The van der Waals surface area contributed by atoms with Crippen LogP contribution in [-0.2, 0) is 0 Å². The van der Waals surface area contributed by atoms with E-state index in [2.05, 4.69) is 33.5 Å². The highest BCUT2D eigenvalue weighted by molar-refractivity contribution is 7.99. The van der Waals surface area contributed by atoms with Gasteiger partial charge in [-0.15, -0.1) is 10.2 Å². The van der Waals surface area contributed by atoms with E-state index in [1.54, 1.807) is 11.8 Å². The molecule has 1 saturated carbocycles. The number of thioether (sulfide) groups is 1. The molecule has 0 bridgehead atoms. The van der Waals surface area contributed by atoms with Crippen molar-refractivity contribution in [2.45, 2.75) is 23.9 Å². The van der Waals surface area contributed by atoms with Gasteiger partial charge in [0.2, 0.25) is 0 Å². The molecule has 1 aliphatic rings. The zero-order chi connectivity index (χ0) is 13.2. The predicted molar refractivity (Wildman–Crippen MR) is 79.1 cm³/mol. The monoisotopic (exact) mass is 291 g/mol. The predicted octanol–water partition coefficient (Wildman–Crippen LogP) is 3.99. The van der Waals surface area contributed by atoms with Crippen molar-refractivity contribution in [2.24, 2.45) is 0 Å². The van der Waals surface area contributed by atoms with Gasteiger partial charge in [-0.3, -0.25) is 4.57 Å². The van der Waals surface area contributed by atoms with Crippen molar-refractivity contribution in [3.8, 4) is 5.69 Å². The van der Waals surface area contributed by atoms with Gasteiger partial charge in [0.1, 0.15) is 5.82 Å². The lowest BCUT2D eigenvalue weighted by Gasteiger charge is -2.09. The summed E-state index contributed by atoms with van der Waals surface area (Å²) < 4.78 is 2.14. The maximum atomic E-state index is 5.83. The van der Waals surface area contributed by atoms with Crippen LogP contribution in [0, 0.1) is 0 Å². The standard InChI is InChI=1S/C14H14ClN3S/c1-10(15)9-19-14-17-16-13(11-7-8-11)18(14)12-5-3-2-4-6-12/h2-6,11H,1,7-9H2. The average molecular weight is 292 g/mol. The quantitative estimate of drug-likeness (QED) is 0.781. The van der Waals surface area contributed by atoms with E-state index in [1.165, 1.54) is 12.8 Å². The van der Waals surface area contributed by atoms with E-state index < -0.39 is 0 Å². The summed E-state index contributed by atoms with van der Waals surface area (Å²) >= 11 is 7.41. The minimum atomic E-state index is 0.557. The van der Waals surface area contributed by atoms with Crippen LogP contribution in [0.3, 0.4) is 0 Å². The van der Waals surface area contributed by atoms with E-state index in [0.29, 0.717) is 16.7 Å². The Morgan fingerprint density at radius 1 is 1.32 bits per heavy atom. The van der Waals surface area contributed by atoms with Gasteiger partial charge >= 0.3 is 0 Å². The first kappa shape index (κ1) is 12.8. The van der Waals surface area contributed by atoms with Crippen LogP contribution in [0.5, 0.6) is 0 Å². The van der Waals surface area contributed by atoms with E-state index in [0.717, 1.165) is 16.7 Å². The minimum Gasteiger partial charge on any atom is -0.274 e. The summed E-state index contributed by atoms with van der Waals surface area (Å²) in [5.41, 5.74) is 1.11. The van der Waals surface area contributed by atoms with E-state index in [4.69, 9.17) is 11.6 Å². The second kappa shape index (κ2) is 5.39. The van der Waals surface area contributed by atoms with Crippen molar-refractivity contribution in [2.75, 3.05) is 5.75 Å². The third-order valence-corrected chi connectivity index (χ3v) is 4.28. The molecule has 19 heavy (non-hydrogen) atoms. The second-order valence-corrected chi connectivity index (χ2v) is 6.07. The Morgan fingerprint density at radius 2 is 2.05 bits per heavy atom. The lowest BCUT2D eigenvalue weighted by molar-refractivity contribution is 0.830. The van der Waals surface area contributed by atoms with Crippen molar-refractivity contribution >= 4 is 23.4 Å². The van der Waals surface area contributed by atoms with Crippen LogP contribution in [0.2, 0.25) is 0 Å². The Balaban J connectivity index is 1.98. The number of aromatic nitrogens is 3. The zero-order valence-electron chi connectivity index (χ0n) is 10.4. The van der Waals surface area contributed by atoms with Crippen molar-refractivity contribution in [3.05, 3.63) is 47.8 Å².